The first-order valence-corrected chi connectivity index (χ1v) is 8.46. The normalized spacial score (nSPS) is 14.8. The van der Waals surface area contributed by atoms with E-state index in [0.29, 0.717) is 48.0 Å². The monoisotopic (exact) mass is 369 g/mol. The molecule has 3 rings (SSSR count). The van der Waals surface area contributed by atoms with E-state index in [2.05, 4.69) is 11.0 Å². The molecule has 0 bridgehead atoms. The van der Waals surface area contributed by atoms with Crippen LogP contribution in [0.15, 0.2) is 42.5 Å². The van der Waals surface area contributed by atoms with E-state index in [1.807, 2.05) is 0 Å². The van der Waals surface area contributed by atoms with Crippen LogP contribution in [0.4, 0.5) is 11.4 Å². The highest BCUT2D eigenvalue weighted by Gasteiger charge is 2.18. The summed E-state index contributed by atoms with van der Waals surface area (Å²) in [6.45, 7) is 2.56. The summed E-state index contributed by atoms with van der Waals surface area (Å²) >= 11 is 6.21. The zero-order valence-corrected chi connectivity index (χ0v) is 14.6. The number of anilines is 1. The molecule has 1 aliphatic heterocycles. The first-order valence-electron chi connectivity index (χ1n) is 8.08. The van der Waals surface area contributed by atoms with E-state index in [1.165, 1.54) is 12.1 Å². The smallest absolute Gasteiger partial charge is 0.270 e. The standard InChI is InChI=1S/C19H16ClN3O3/c20-18-4-2-1-3-17(18)15(13-21)11-14-12-16(23(24)25)5-6-19(14)22-7-9-26-10-8-22/h1-6,11-12H,7-10H2. The second-order valence-corrected chi connectivity index (χ2v) is 6.16. The molecule has 0 atom stereocenters. The number of hydrogen-bond acceptors (Lipinski definition) is 5. The lowest BCUT2D eigenvalue weighted by molar-refractivity contribution is -0.384. The van der Waals surface area contributed by atoms with Crippen molar-refractivity contribution < 1.29 is 9.66 Å². The molecule has 2 aromatic rings. The number of nitro groups is 1. The summed E-state index contributed by atoms with van der Waals surface area (Å²) in [5, 5.41) is 21.2. The number of benzene rings is 2. The van der Waals surface area contributed by atoms with Crippen molar-refractivity contribution in [2.75, 3.05) is 31.2 Å². The van der Waals surface area contributed by atoms with Crippen LogP contribution in [0, 0.1) is 21.4 Å². The molecule has 1 heterocycles. The summed E-state index contributed by atoms with van der Waals surface area (Å²) in [6.07, 6.45) is 1.65. The molecule has 2 aromatic carbocycles. The second-order valence-electron chi connectivity index (χ2n) is 5.75. The van der Waals surface area contributed by atoms with Crippen LogP contribution in [0.3, 0.4) is 0 Å². The quantitative estimate of drug-likeness (QED) is 0.350. The zero-order valence-electron chi connectivity index (χ0n) is 13.9. The summed E-state index contributed by atoms with van der Waals surface area (Å²) in [5.74, 6) is 0. The minimum Gasteiger partial charge on any atom is -0.378 e. The van der Waals surface area contributed by atoms with E-state index in [0.717, 1.165) is 5.69 Å². The molecule has 7 heteroatoms. The van der Waals surface area contributed by atoms with Gasteiger partial charge in [0.1, 0.15) is 0 Å². The number of nitriles is 1. The predicted molar refractivity (Wildman–Crippen MR) is 101 cm³/mol. The molecule has 0 unspecified atom stereocenters. The molecule has 1 saturated heterocycles. The Morgan fingerprint density at radius 2 is 2.00 bits per heavy atom. The van der Waals surface area contributed by atoms with Crippen molar-refractivity contribution in [2.45, 2.75) is 0 Å². The van der Waals surface area contributed by atoms with E-state index in [1.54, 1.807) is 36.4 Å². The minimum absolute atomic E-state index is 0.0234. The Bertz CT molecular complexity index is 899. The molecule has 0 amide bonds. The number of non-ortho nitro benzene ring substituents is 1. The SMILES string of the molecule is N#CC(=Cc1cc([N+](=O)[O-])ccc1N1CCOCC1)c1ccccc1Cl. The van der Waals surface area contributed by atoms with Crippen molar-refractivity contribution in [2.24, 2.45) is 0 Å². The van der Waals surface area contributed by atoms with Gasteiger partial charge in [0.05, 0.1) is 29.8 Å². The summed E-state index contributed by atoms with van der Waals surface area (Å²) in [4.78, 5) is 12.8. The van der Waals surface area contributed by atoms with Crippen molar-refractivity contribution in [3.63, 3.8) is 0 Å². The van der Waals surface area contributed by atoms with Crippen LogP contribution < -0.4 is 4.90 Å². The van der Waals surface area contributed by atoms with Gasteiger partial charge in [0.15, 0.2) is 0 Å². The average molecular weight is 370 g/mol. The maximum Gasteiger partial charge on any atom is 0.270 e. The van der Waals surface area contributed by atoms with E-state index in [4.69, 9.17) is 16.3 Å². The first kappa shape index (κ1) is 17.9. The van der Waals surface area contributed by atoms with Gasteiger partial charge in [0.2, 0.25) is 0 Å². The van der Waals surface area contributed by atoms with Crippen molar-refractivity contribution in [3.8, 4) is 6.07 Å². The van der Waals surface area contributed by atoms with Crippen molar-refractivity contribution in [1.82, 2.24) is 0 Å². The molecule has 0 aromatic heterocycles. The number of morpholine rings is 1. The van der Waals surface area contributed by atoms with Gasteiger partial charge < -0.3 is 9.64 Å². The molecular formula is C19H16ClN3O3. The topological polar surface area (TPSA) is 79.4 Å². The fourth-order valence-corrected chi connectivity index (χ4v) is 3.11. The minimum atomic E-state index is -0.442. The molecule has 0 N–H and O–H groups in total. The Balaban J connectivity index is 2.11. The van der Waals surface area contributed by atoms with Gasteiger partial charge in [-0.2, -0.15) is 5.26 Å². The summed E-state index contributed by atoms with van der Waals surface area (Å²) in [6, 6.07) is 13.9. The number of allylic oxidation sites excluding steroid dienone is 1. The number of rotatable bonds is 4. The Labute approximate surface area is 156 Å². The highest BCUT2D eigenvalue weighted by molar-refractivity contribution is 6.32. The lowest BCUT2D eigenvalue weighted by Gasteiger charge is -2.30. The van der Waals surface area contributed by atoms with Gasteiger partial charge in [-0.1, -0.05) is 29.8 Å². The summed E-state index contributed by atoms with van der Waals surface area (Å²) in [7, 11) is 0. The fraction of sp³-hybridized carbons (Fsp3) is 0.211. The molecule has 6 nitrogen and oxygen atoms in total. The number of nitro benzene ring substituents is 1. The van der Waals surface area contributed by atoms with Crippen LogP contribution in [0.1, 0.15) is 11.1 Å². The van der Waals surface area contributed by atoms with Crippen LogP contribution >= 0.6 is 11.6 Å². The first-order chi connectivity index (χ1) is 12.6. The van der Waals surface area contributed by atoms with Gasteiger partial charge in [0.25, 0.3) is 5.69 Å². The lowest BCUT2D eigenvalue weighted by Crippen LogP contribution is -2.36. The third-order valence-electron chi connectivity index (χ3n) is 4.16. The molecule has 0 saturated carbocycles. The Morgan fingerprint density at radius 1 is 1.27 bits per heavy atom. The third-order valence-corrected chi connectivity index (χ3v) is 4.49. The van der Waals surface area contributed by atoms with Crippen LogP contribution in [-0.2, 0) is 4.74 Å². The van der Waals surface area contributed by atoms with Crippen LogP contribution in [-0.4, -0.2) is 31.2 Å². The number of hydrogen-bond donors (Lipinski definition) is 0. The molecule has 26 heavy (non-hydrogen) atoms. The molecule has 0 aliphatic carbocycles. The van der Waals surface area contributed by atoms with Crippen molar-refractivity contribution in [1.29, 1.82) is 5.26 Å². The van der Waals surface area contributed by atoms with Crippen molar-refractivity contribution >= 4 is 34.6 Å². The van der Waals surface area contributed by atoms with Crippen molar-refractivity contribution in [3.05, 3.63) is 68.7 Å². The Morgan fingerprint density at radius 3 is 2.65 bits per heavy atom. The van der Waals surface area contributed by atoms with E-state index in [-0.39, 0.29) is 5.69 Å². The second kappa shape index (κ2) is 8.00. The Hall–Kier alpha value is -2.88. The number of ether oxygens (including phenoxy) is 1. The van der Waals surface area contributed by atoms with Crippen LogP contribution in [0.2, 0.25) is 5.02 Å². The molecule has 1 fully saturated rings. The van der Waals surface area contributed by atoms with Gasteiger partial charge in [-0.15, -0.1) is 0 Å². The molecule has 0 spiro atoms. The maximum absolute atomic E-state index is 11.2. The highest BCUT2D eigenvalue weighted by Crippen LogP contribution is 2.31. The average Bonchev–Trinajstić information content (AvgIpc) is 2.67. The van der Waals surface area contributed by atoms with Gasteiger partial charge in [-0.3, -0.25) is 10.1 Å². The number of nitrogens with zero attached hydrogens (tertiary/aromatic N) is 3. The zero-order chi connectivity index (χ0) is 18.5. The summed E-state index contributed by atoms with van der Waals surface area (Å²) in [5.41, 5.74) is 2.36. The number of halogens is 1. The predicted octanol–water partition coefficient (Wildman–Crippen LogP) is 4.15. The van der Waals surface area contributed by atoms with E-state index in [9.17, 15) is 15.4 Å². The highest BCUT2D eigenvalue weighted by atomic mass is 35.5. The lowest BCUT2D eigenvalue weighted by atomic mass is 10.0. The molecule has 0 radical (unpaired) electrons. The molecular weight excluding hydrogens is 354 g/mol. The Kier molecular flexibility index (Phi) is 5.52. The van der Waals surface area contributed by atoms with Gasteiger partial charge in [-0.25, -0.2) is 0 Å². The third kappa shape index (κ3) is 3.85. The van der Waals surface area contributed by atoms with Gasteiger partial charge in [0, 0.05) is 47.1 Å². The van der Waals surface area contributed by atoms with Gasteiger partial charge in [-0.05, 0) is 18.2 Å². The fourth-order valence-electron chi connectivity index (χ4n) is 2.87. The van der Waals surface area contributed by atoms with E-state index >= 15 is 0 Å². The largest absolute Gasteiger partial charge is 0.378 e. The van der Waals surface area contributed by atoms with Crippen LogP contribution in [0.25, 0.3) is 11.6 Å². The summed E-state index contributed by atoms with van der Waals surface area (Å²) < 4.78 is 5.38. The van der Waals surface area contributed by atoms with E-state index < -0.39 is 4.92 Å². The maximum atomic E-state index is 11.2. The van der Waals surface area contributed by atoms with Gasteiger partial charge >= 0.3 is 0 Å². The molecule has 132 valence electrons. The van der Waals surface area contributed by atoms with Crippen LogP contribution in [0.5, 0.6) is 0 Å². The molecule has 1 aliphatic rings.